The zero-order chi connectivity index (χ0) is 8.97. The maximum absolute atomic E-state index is 3.77. The van der Waals surface area contributed by atoms with Crippen molar-refractivity contribution >= 4 is 12.4 Å². The van der Waals surface area contributed by atoms with Gasteiger partial charge in [-0.3, -0.25) is 9.80 Å². The van der Waals surface area contributed by atoms with Crippen LogP contribution in [0.2, 0.25) is 0 Å². The molecule has 3 heteroatoms. The van der Waals surface area contributed by atoms with E-state index in [1.807, 2.05) is 12.2 Å². The Bertz CT molecular complexity index is 170. The largest absolute Gasteiger partial charge is 0.289 e. The van der Waals surface area contributed by atoms with Gasteiger partial charge in [0.05, 0.1) is 6.17 Å². The third kappa shape index (κ3) is 3.14. The first-order valence-electron chi connectivity index (χ1n) is 4.45. The summed E-state index contributed by atoms with van der Waals surface area (Å²) in [5, 5.41) is 0. The van der Waals surface area contributed by atoms with E-state index in [1.54, 1.807) is 0 Å². The zero-order valence-corrected chi connectivity index (χ0v) is 9.09. The zero-order valence-electron chi connectivity index (χ0n) is 8.28. The molecule has 1 aliphatic heterocycles. The van der Waals surface area contributed by atoms with Gasteiger partial charge >= 0.3 is 0 Å². The minimum Gasteiger partial charge on any atom is -0.289 e. The van der Waals surface area contributed by atoms with Gasteiger partial charge in [-0.1, -0.05) is 12.2 Å². The van der Waals surface area contributed by atoms with Crippen molar-refractivity contribution in [3.05, 3.63) is 25.3 Å². The van der Waals surface area contributed by atoms with Crippen LogP contribution in [0.15, 0.2) is 25.3 Å². The lowest BCUT2D eigenvalue weighted by Gasteiger charge is -2.25. The van der Waals surface area contributed by atoms with E-state index in [-0.39, 0.29) is 12.4 Å². The summed E-state index contributed by atoms with van der Waals surface area (Å²) in [6.45, 7) is 10.8. The second-order valence-corrected chi connectivity index (χ2v) is 3.27. The van der Waals surface area contributed by atoms with E-state index in [0.717, 1.165) is 26.1 Å². The molecule has 1 saturated heterocycles. The molecule has 2 nitrogen and oxygen atoms in total. The number of halogens is 1. The van der Waals surface area contributed by atoms with E-state index in [1.165, 1.54) is 0 Å². The highest BCUT2D eigenvalue weighted by molar-refractivity contribution is 5.85. The predicted octanol–water partition coefficient (Wildman–Crippen LogP) is 1.74. The fourth-order valence-corrected chi connectivity index (χ4v) is 1.72. The van der Waals surface area contributed by atoms with Crippen LogP contribution in [0, 0.1) is 0 Å². The van der Waals surface area contributed by atoms with Gasteiger partial charge < -0.3 is 0 Å². The molecule has 0 N–H and O–H groups in total. The molecule has 0 aliphatic carbocycles. The summed E-state index contributed by atoms with van der Waals surface area (Å²) < 4.78 is 0. The SMILES string of the molecule is C=CCC1N(C)CCN1CC=C.Cl. The minimum absolute atomic E-state index is 0. The fraction of sp³-hybridized carbons (Fsp3) is 0.600. The molecule has 1 rings (SSSR count). The normalized spacial score (nSPS) is 23.9. The van der Waals surface area contributed by atoms with Gasteiger partial charge in [0.15, 0.2) is 0 Å². The Hall–Kier alpha value is -0.310. The van der Waals surface area contributed by atoms with E-state index in [4.69, 9.17) is 0 Å². The molecule has 76 valence electrons. The molecule has 0 aromatic heterocycles. The minimum atomic E-state index is 0. The highest BCUT2D eigenvalue weighted by Crippen LogP contribution is 2.15. The van der Waals surface area contributed by atoms with Gasteiger partial charge in [0.25, 0.3) is 0 Å². The molecule has 1 fully saturated rings. The van der Waals surface area contributed by atoms with Crippen LogP contribution in [0.4, 0.5) is 0 Å². The van der Waals surface area contributed by atoms with Crippen LogP contribution in [-0.2, 0) is 0 Å². The molecule has 1 atom stereocenters. The van der Waals surface area contributed by atoms with Crippen LogP contribution >= 0.6 is 12.4 Å². The van der Waals surface area contributed by atoms with Crippen molar-refractivity contribution in [2.45, 2.75) is 12.6 Å². The maximum Gasteiger partial charge on any atom is 0.0658 e. The molecule has 0 amide bonds. The molecule has 1 heterocycles. The Kier molecular flexibility index (Phi) is 6.04. The third-order valence-electron chi connectivity index (χ3n) is 2.41. The molecule has 1 aliphatic rings. The highest BCUT2D eigenvalue weighted by atomic mass is 35.5. The molecular formula is C10H19ClN2. The molecule has 0 bridgehead atoms. The molecule has 1 unspecified atom stereocenters. The monoisotopic (exact) mass is 202 g/mol. The van der Waals surface area contributed by atoms with Crippen molar-refractivity contribution in [3.63, 3.8) is 0 Å². The quantitative estimate of drug-likeness (QED) is 0.641. The summed E-state index contributed by atoms with van der Waals surface area (Å²) >= 11 is 0. The molecule has 0 aromatic rings. The van der Waals surface area contributed by atoms with Gasteiger partial charge in [-0.05, 0) is 13.5 Å². The Morgan fingerprint density at radius 3 is 2.54 bits per heavy atom. The maximum atomic E-state index is 3.77. The molecule has 0 saturated carbocycles. The van der Waals surface area contributed by atoms with Gasteiger partial charge in [0, 0.05) is 19.6 Å². The average Bonchev–Trinajstić information content (AvgIpc) is 2.37. The fourth-order valence-electron chi connectivity index (χ4n) is 1.72. The summed E-state index contributed by atoms with van der Waals surface area (Å²) in [6.07, 6.45) is 5.54. The summed E-state index contributed by atoms with van der Waals surface area (Å²) in [5.74, 6) is 0. The van der Waals surface area contributed by atoms with Gasteiger partial charge in [-0.15, -0.1) is 25.6 Å². The van der Waals surface area contributed by atoms with Crippen molar-refractivity contribution in [2.75, 3.05) is 26.7 Å². The van der Waals surface area contributed by atoms with E-state index in [9.17, 15) is 0 Å². The van der Waals surface area contributed by atoms with Crippen molar-refractivity contribution < 1.29 is 0 Å². The number of hydrogen-bond donors (Lipinski definition) is 0. The highest BCUT2D eigenvalue weighted by Gasteiger charge is 2.26. The van der Waals surface area contributed by atoms with Gasteiger partial charge in [0.1, 0.15) is 0 Å². The van der Waals surface area contributed by atoms with Crippen LogP contribution in [0.3, 0.4) is 0 Å². The molecule has 0 radical (unpaired) electrons. The first-order chi connectivity index (χ1) is 5.79. The third-order valence-corrected chi connectivity index (χ3v) is 2.41. The molecule has 13 heavy (non-hydrogen) atoms. The first-order valence-corrected chi connectivity index (χ1v) is 4.45. The molecular weight excluding hydrogens is 184 g/mol. The smallest absolute Gasteiger partial charge is 0.0658 e. The standard InChI is InChI=1S/C10H18N2.ClH/c1-4-6-10-11(3)8-9-12(10)7-5-2;/h4-5,10H,1-2,6-9H2,3H3;1H. The van der Waals surface area contributed by atoms with E-state index >= 15 is 0 Å². The average molecular weight is 203 g/mol. The summed E-state index contributed by atoms with van der Waals surface area (Å²) in [5.41, 5.74) is 0. The van der Waals surface area contributed by atoms with Crippen LogP contribution in [0.5, 0.6) is 0 Å². The number of rotatable bonds is 4. The van der Waals surface area contributed by atoms with Gasteiger partial charge in [-0.25, -0.2) is 0 Å². The first kappa shape index (κ1) is 12.7. The summed E-state index contributed by atoms with van der Waals surface area (Å²) in [4.78, 5) is 4.79. The lowest BCUT2D eigenvalue weighted by Crippen LogP contribution is -2.36. The lowest BCUT2D eigenvalue weighted by atomic mass is 10.3. The van der Waals surface area contributed by atoms with E-state index in [0.29, 0.717) is 6.17 Å². The lowest BCUT2D eigenvalue weighted by molar-refractivity contribution is 0.175. The van der Waals surface area contributed by atoms with Crippen LogP contribution < -0.4 is 0 Å². The van der Waals surface area contributed by atoms with Crippen LogP contribution in [-0.4, -0.2) is 42.6 Å². The molecule has 0 spiro atoms. The second kappa shape index (κ2) is 6.19. The molecule has 0 aromatic carbocycles. The Balaban J connectivity index is 0.00000144. The van der Waals surface area contributed by atoms with Gasteiger partial charge in [-0.2, -0.15) is 0 Å². The van der Waals surface area contributed by atoms with Crippen molar-refractivity contribution in [2.24, 2.45) is 0 Å². The predicted molar refractivity (Wildman–Crippen MR) is 60.3 cm³/mol. The Labute approximate surface area is 87.3 Å². The van der Waals surface area contributed by atoms with Gasteiger partial charge in [0.2, 0.25) is 0 Å². The number of hydrogen-bond acceptors (Lipinski definition) is 2. The Morgan fingerprint density at radius 1 is 1.31 bits per heavy atom. The number of nitrogens with zero attached hydrogens (tertiary/aromatic N) is 2. The summed E-state index contributed by atoms with van der Waals surface area (Å²) in [6, 6.07) is 0. The van der Waals surface area contributed by atoms with Crippen molar-refractivity contribution in [3.8, 4) is 0 Å². The summed E-state index contributed by atoms with van der Waals surface area (Å²) in [7, 11) is 2.16. The number of likely N-dealkylation sites (N-methyl/N-ethyl adjacent to an activating group) is 1. The Morgan fingerprint density at radius 2 is 2.00 bits per heavy atom. The topological polar surface area (TPSA) is 6.48 Å². The van der Waals surface area contributed by atoms with E-state index < -0.39 is 0 Å². The van der Waals surface area contributed by atoms with Crippen LogP contribution in [0.25, 0.3) is 0 Å². The van der Waals surface area contributed by atoms with E-state index in [2.05, 4.69) is 30.0 Å². The van der Waals surface area contributed by atoms with Crippen molar-refractivity contribution in [1.29, 1.82) is 0 Å². The second-order valence-electron chi connectivity index (χ2n) is 3.27. The van der Waals surface area contributed by atoms with Crippen LogP contribution in [0.1, 0.15) is 6.42 Å². The van der Waals surface area contributed by atoms with Crippen molar-refractivity contribution in [1.82, 2.24) is 9.80 Å².